The third-order valence-electron chi connectivity index (χ3n) is 5.16. The number of aliphatic carboxylic acids is 1. The maximum Gasteiger partial charge on any atom is 0.303 e. The average molecular weight is 389 g/mol. The summed E-state index contributed by atoms with van der Waals surface area (Å²) in [7, 11) is 0. The molecule has 0 aromatic carbocycles. The highest BCUT2D eigenvalue weighted by Crippen LogP contribution is 2.38. The van der Waals surface area contributed by atoms with Gasteiger partial charge in [-0.3, -0.25) is 9.59 Å². The van der Waals surface area contributed by atoms with Gasteiger partial charge in [0, 0.05) is 29.8 Å². The van der Waals surface area contributed by atoms with Crippen LogP contribution in [0.2, 0.25) is 0 Å². The summed E-state index contributed by atoms with van der Waals surface area (Å²) in [6, 6.07) is 0. The van der Waals surface area contributed by atoms with Crippen molar-refractivity contribution in [1.29, 1.82) is 0 Å². The van der Waals surface area contributed by atoms with Crippen LogP contribution in [0.15, 0.2) is 0 Å². The quantitative estimate of drug-likeness (QED) is 0.392. The van der Waals surface area contributed by atoms with Crippen molar-refractivity contribution in [3.63, 3.8) is 0 Å². The average Bonchev–Trinajstić information content (AvgIpc) is 2.82. The van der Waals surface area contributed by atoms with E-state index in [-0.39, 0.29) is 29.8 Å². The SMILES string of the molecule is CCCCCC(C)(O)CS[C@H]1C(O)CC(=O)[C@@H]1CCCCCCC(=O)O. The lowest BCUT2D eigenvalue weighted by Gasteiger charge is -2.27. The number of Topliss-reactive ketones (excluding diaryl/α,β-unsaturated/α-hetero) is 1. The lowest BCUT2D eigenvalue weighted by Crippen LogP contribution is -2.32. The van der Waals surface area contributed by atoms with Crippen LogP contribution in [0.25, 0.3) is 0 Å². The molecule has 4 atom stereocenters. The van der Waals surface area contributed by atoms with E-state index in [0.717, 1.165) is 51.4 Å². The van der Waals surface area contributed by atoms with E-state index >= 15 is 0 Å². The maximum atomic E-state index is 12.2. The molecule has 3 N–H and O–H groups in total. The van der Waals surface area contributed by atoms with E-state index in [1.807, 2.05) is 6.92 Å². The zero-order chi connectivity index (χ0) is 19.6. The Labute approximate surface area is 161 Å². The monoisotopic (exact) mass is 388 g/mol. The summed E-state index contributed by atoms with van der Waals surface area (Å²) in [6.45, 7) is 3.98. The van der Waals surface area contributed by atoms with E-state index in [4.69, 9.17) is 5.11 Å². The molecule has 0 radical (unpaired) electrons. The number of carbonyl (C=O) groups excluding carboxylic acids is 1. The summed E-state index contributed by atoms with van der Waals surface area (Å²) < 4.78 is 0. The summed E-state index contributed by atoms with van der Waals surface area (Å²) in [6.07, 6.45) is 7.86. The molecule has 1 saturated carbocycles. The summed E-state index contributed by atoms with van der Waals surface area (Å²) in [5, 5.41) is 29.3. The Bertz CT molecular complexity index is 438. The number of carbonyl (C=O) groups is 2. The largest absolute Gasteiger partial charge is 0.481 e. The maximum absolute atomic E-state index is 12.2. The van der Waals surface area contributed by atoms with Crippen molar-refractivity contribution in [2.45, 2.75) is 101 Å². The second-order valence-electron chi connectivity index (χ2n) is 7.92. The fourth-order valence-electron chi connectivity index (χ4n) is 3.58. The zero-order valence-corrected chi connectivity index (χ0v) is 17.1. The number of aliphatic hydroxyl groups excluding tert-OH is 1. The predicted octanol–water partition coefficient (Wildman–Crippen LogP) is 3.79. The van der Waals surface area contributed by atoms with Crippen LogP contribution in [0.1, 0.15) is 84.5 Å². The van der Waals surface area contributed by atoms with Crippen LogP contribution in [-0.2, 0) is 9.59 Å². The van der Waals surface area contributed by atoms with E-state index in [1.165, 1.54) is 0 Å². The van der Waals surface area contributed by atoms with E-state index in [2.05, 4.69) is 6.92 Å². The third-order valence-corrected chi connectivity index (χ3v) is 6.98. The van der Waals surface area contributed by atoms with Gasteiger partial charge in [0.25, 0.3) is 0 Å². The van der Waals surface area contributed by atoms with Crippen LogP contribution in [-0.4, -0.2) is 49.8 Å². The first-order valence-corrected chi connectivity index (χ1v) is 11.1. The van der Waals surface area contributed by atoms with E-state index in [9.17, 15) is 19.8 Å². The number of carboxylic acid groups (broad SMARTS) is 1. The van der Waals surface area contributed by atoms with E-state index in [1.54, 1.807) is 11.8 Å². The normalized spacial score (nSPS) is 25.4. The first-order chi connectivity index (χ1) is 12.3. The van der Waals surface area contributed by atoms with Gasteiger partial charge in [-0.05, 0) is 26.2 Å². The molecule has 1 fully saturated rings. The highest BCUT2D eigenvalue weighted by molar-refractivity contribution is 8.00. The van der Waals surface area contributed by atoms with Crippen molar-refractivity contribution in [2.75, 3.05) is 5.75 Å². The van der Waals surface area contributed by atoms with Gasteiger partial charge in [0.05, 0.1) is 11.7 Å². The highest BCUT2D eigenvalue weighted by atomic mass is 32.2. The van der Waals surface area contributed by atoms with Crippen molar-refractivity contribution >= 4 is 23.5 Å². The van der Waals surface area contributed by atoms with Crippen molar-refractivity contribution in [1.82, 2.24) is 0 Å². The number of rotatable bonds is 14. The lowest BCUT2D eigenvalue weighted by molar-refractivity contribution is -0.137. The molecular formula is C20H36O5S. The van der Waals surface area contributed by atoms with Crippen molar-refractivity contribution in [3.05, 3.63) is 0 Å². The van der Waals surface area contributed by atoms with Crippen LogP contribution < -0.4 is 0 Å². The number of aliphatic hydroxyl groups is 2. The van der Waals surface area contributed by atoms with Crippen LogP contribution in [0.4, 0.5) is 0 Å². The van der Waals surface area contributed by atoms with Crippen LogP contribution in [0.3, 0.4) is 0 Å². The summed E-state index contributed by atoms with van der Waals surface area (Å²) in [5.41, 5.74) is -0.757. The number of hydrogen-bond acceptors (Lipinski definition) is 5. The molecule has 152 valence electrons. The molecule has 0 bridgehead atoms. The molecule has 26 heavy (non-hydrogen) atoms. The standard InChI is InChI=1S/C20H36O5S/c1-3-4-9-12-20(2,25)14-26-19-15(16(21)13-17(19)22)10-7-5-6-8-11-18(23)24/h15,17,19,22,25H,3-14H2,1-2H3,(H,23,24)/t15-,17?,19+,20?/m0/s1. The molecular weight excluding hydrogens is 352 g/mol. The number of hydrogen-bond donors (Lipinski definition) is 3. The Kier molecular flexibility index (Phi) is 10.8. The zero-order valence-electron chi connectivity index (χ0n) is 16.3. The third kappa shape index (κ3) is 8.87. The van der Waals surface area contributed by atoms with Crippen LogP contribution in [0, 0.1) is 5.92 Å². The molecule has 1 aliphatic carbocycles. The Morgan fingerprint density at radius 2 is 1.88 bits per heavy atom. The van der Waals surface area contributed by atoms with Crippen molar-refractivity contribution in [2.24, 2.45) is 5.92 Å². The molecule has 5 nitrogen and oxygen atoms in total. The molecule has 1 rings (SSSR count). The second-order valence-corrected chi connectivity index (χ2v) is 9.09. The van der Waals surface area contributed by atoms with E-state index in [0.29, 0.717) is 12.2 Å². The fourth-order valence-corrected chi connectivity index (χ4v) is 5.11. The Morgan fingerprint density at radius 3 is 2.54 bits per heavy atom. The molecule has 0 amide bonds. The number of unbranched alkanes of at least 4 members (excludes halogenated alkanes) is 5. The number of carboxylic acids is 1. The first kappa shape index (κ1) is 23.4. The van der Waals surface area contributed by atoms with Crippen LogP contribution >= 0.6 is 11.8 Å². The molecule has 0 aromatic heterocycles. The summed E-state index contributed by atoms with van der Waals surface area (Å²) >= 11 is 1.54. The molecule has 0 spiro atoms. The number of thioether (sulfide) groups is 1. The molecule has 0 aliphatic heterocycles. The summed E-state index contributed by atoms with van der Waals surface area (Å²) in [4.78, 5) is 22.7. The molecule has 6 heteroatoms. The van der Waals surface area contributed by atoms with Crippen LogP contribution in [0.5, 0.6) is 0 Å². The molecule has 0 heterocycles. The Balaban J connectivity index is 2.39. The Hall–Kier alpha value is -0.590. The predicted molar refractivity (Wildman–Crippen MR) is 105 cm³/mol. The van der Waals surface area contributed by atoms with Gasteiger partial charge >= 0.3 is 5.97 Å². The minimum absolute atomic E-state index is 0.126. The van der Waals surface area contributed by atoms with Crippen molar-refractivity contribution in [3.8, 4) is 0 Å². The van der Waals surface area contributed by atoms with Crippen molar-refractivity contribution < 1.29 is 24.9 Å². The van der Waals surface area contributed by atoms with Gasteiger partial charge < -0.3 is 15.3 Å². The molecule has 0 aromatic rings. The minimum atomic E-state index is -0.762. The van der Waals surface area contributed by atoms with Gasteiger partial charge in [-0.2, -0.15) is 11.8 Å². The smallest absolute Gasteiger partial charge is 0.303 e. The van der Waals surface area contributed by atoms with Gasteiger partial charge in [-0.15, -0.1) is 0 Å². The van der Waals surface area contributed by atoms with E-state index < -0.39 is 17.7 Å². The first-order valence-electron chi connectivity index (χ1n) is 10.0. The molecule has 2 unspecified atom stereocenters. The molecule has 0 saturated heterocycles. The fraction of sp³-hybridized carbons (Fsp3) is 0.900. The highest BCUT2D eigenvalue weighted by Gasteiger charge is 2.42. The van der Waals surface area contributed by atoms with Gasteiger partial charge in [0.2, 0.25) is 0 Å². The van der Waals surface area contributed by atoms with Gasteiger partial charge in [0.15, 0.2) is 0 Å². The summed E-state index contributed by atoms with van der Waals surface area (Å²) in [5.74, 6) is -0.227. The second kappa shape index (κ2) is 12.0. The number of ketones is 1. The minimum Gasteiger partial charge on any atom is -0.481 e. The Morgan fingerprint density at radius 1 is 1.19 bits per heavy atom. The van der Waals surface area contributed by atoms with Gasteiger partial charge in [-0.25, -0.2) is 0 Å². The topological polar surface area (TPSA) is 94.8 Å². The molecule has 1 aliphatic rings. The van der Waals surface area contributed by atoms with Gasteiger partial charge in [0.1, 0.15) is 5.78 Å². The lowest BCUT2D eigenvalue weighted by atomic mass is 9.98. The van der Waals surface area contributed by atoms with Gasteiger partial charge in [-0.1, -0.05) is 45.4 Å².